The van der Waals surface area contributed by atoms with Crippen LogP contribution in [0.2, 0.25) is 5.02 Å². The molecule has 1 aliphatic rings. The number of benzene rings is 1. The summed E-state index contributed by atoms with van der Waals surface area (Å²) in [6.45, 7) is 0.475. The van der Waals surface area contributed by atoms with Gasteiger partial charge in [0.05, 0.1) is 6.10 Å². The monoisotopic (exact) mass is 311 g/mol. The molecule has 2 aromatic rings. The van der Waals surface area contributed by atoms with Crippen LogP contribution in [-0.2, 0) is 11.2 Å². The van der Waals surface area contributed by atoms with Crippen molar-refractivity contribution in [3.8, 4) is 0 Å². The van der Waals surface area contributed by atoms with Gasteiger partial charge in [-0.15, -0.1) is 0 Å². The number of nitrogens with zero attached hydrogens (tertiary/aromatic N) is 2. The average molecular weight is 312 g/mol. The van der Waals surface area contributed by atoms with Gasteiger partial charge in [-0.25, -0.2) is 4.39 Å². The van der Waals surface area contributed by atoms with Crippen molar-refractivity contribution in [3.63, 3.8) is 0 Å². The summed E-state index contributed by atoms with van der Waals surface area (Å²) in [5.41, 5.74) is 5.93. The van der Waals surface area contributed by atoms with Gasteiger partial charge in [-0.3, -0.25) is 0 Å². The molecule has 5 nitrogen and oxygen atoms in total. The van der Waals surface area contributed by atoms with Crippen molar-refractivity contribution < 1.29 is 13.7 Å². The van der Waals surface area contributed by atoms with Crippen LogP contribution in [0.1, 0.15) is 36.2 Å². The molecule has 1 fully saturated rings. The highest BCUT2D eigenvalue weighted by Crippen LogP contribution is 2.31. The van der Waals surface area contributed by atoms with Gasteiger partial charge in [-0.05, 0) is 25.0 Å². The van der Waals surface area contributed by atoms with E-state index in [0.717, 1.165) is 12.8 Å². The SMILES string of the molecule is NCC1CCC(c2nc(Cc3c(F)cccc3Cl)no2)O1. The van der Waals surface area contributed by atoms with E-state index in [1.807, 2.05) is 0 Å². The first-order chi connectivity index (χ1) is 10.2. The van der Waals surface area contributed by atoms with Crippen molar-refractivity contribution in [1.29, 1.82) is 0 Å². The Bertz CT molecular complexity index is 614. The zero-order chi connectivity index (χ0) is 14.8. The molecule has 0 saturated carbocycles. The van der Waals surface area contributed by atoms with Gasteiger partial charge in [0.25, 0.3) is 5.89 Å². The fourth-order valence-electron chi connectivity index (χ4n) is 2.39. The van der Waals surface area contributed by atoms with Crippen LogP contribution < -0.4 is 5.73 Å². The van der Waals surface area contributed by atoms with Crippen molar-refractivity contribution in [2.45, 2.75) is 31.5 Å². The first-order valence-electron chi connectivity index (χ1n) is 6.78. The molecule has 7 heteroatoms. The summed E-state index contributed by atoms with van der Waals surface area (Å²) < 4.78 is 24.6. The molecule has 1 aliphatic heterocycles. The van der Waals surface area contributed by atoms with Gasteiger partial charge < -0.3 is 15.0 Å². The molecule has 0 bridgehead atoms. The van der Waals surface area contributed by atoms with Gasteiger partial charge in [-0.1, -0.05) is 22.8 Å². The van der Waals surface area contributed by atoms with E-state index < -0.39 is 0 Å². The van der Waals surface area contributed by atoms with Crippen molar-refractivity contribution in [1.82, 2.24) is 10.1 Å². The van der Waals surface area contributed by atoms with Crippen LogP contribution in [0.3, 0.4) is 0 Å². The van der Waals surface area contributed by atoms with Gasteiger partial charge in [-0.2, -0.15) is 4.98 Å². The second-order valence-electron chi connectivity index (χ2n) is 4.99. The first-order valence-corrected chi connectivity index (χ1v) is 7.16. The molecule has 112 valence electrons. The van der Waals surface area contributed by atoms with Crippen molar-refractivity contribution in [3.05, 3.63) is 46.3 Å². The van der Waals surface area contributed by atoms with Gasteiger partial charge in [0, 0.05) is 23.6 Å². The summed E-state index contributed by atoms with van der Waals surface area (Å²) in [5, 5.41) is 4.22. The smallest absolute Gasteiger partial charge is 0.255 e. The molecule has 0 aliphatic carbocycles. The molecule has 1 aromatic carbocycles. The summed E-state index contributed by atoms with van der Waals surface area (Å²) >= 11 is 5.99. The van der Waals surface area contributed by atoms with Crippen LogP contribution in [0.15, 0.2) is 22.7 Å². The van der Waals surface area contributed by atoms with E-state index in [1.165, 1.54) is 6.07 Å². The fraction of sp³-hybridized carbons (Fsp3) is 0.429. The maximum absolute atomic E-state index is 13.7. The van der Waals surface area contributed by atoms with E-state index in [0.29, 0.717) is 28.8 Å². The number of aromatic nitrogens is 2. The predicted octanol–water partition coefficient (Wildman–Crippen LogP) is 2.63. The molecule has 2 atom stereocenters. The van der Waals surface area contributed by atoms with E-state index in [9.17, 15) is 4.39 Å². The molecule has 0 radical (unpaired) electrons. The standard InChI is InChI=1S/C14H15ClFN3O2/c15-10-2-1-3-11(16)9(10)6-13-18-14(21-19-13)12-5-4-8(7-17)20-12/h1-3,8,12H,4-7,17H2. The molecule has 21 heavy (non-hydrogen) atoms. The van der Waals surface area contributed by atoms with Crippen LogP contribution in [0.4, 0.5) is 4.39 Å². The lowest BCUT2D eigenvalue weighted by atomic mass is 10.1. The largest absolute Gasteiger partial charge is 0.364 e. The first kappa shape index (κ1) is 14.4. The predicted molar refractivity (Wildman–Crippen MR) is 74.4 cm³/mol. The number of rotatable bonds is 4. The van der Waals surface area contributed by atoms with Gasteiger partial charge in [0.15, 0.2) is 5.82 Å². The highest BCUT2D eigenvalue weighted by Gasteiger charge is 2.30. The van der Waals surface area contributed by atoms with E-state index in [1.54, 1.807) is 12.1 Å². The zero-order valence-electron chi connectivity index (χ0n) is 11.3. The topological polar surface area (TPSA) is 74.2 Å². The van der Waals surface area contributed by atoms with Crippen LogP contribution in [0, 0.1) is 5.82 Å². The van der Waals surface area contributed by atoms with Crippen LogP contribution >= 0.6 is 11.6 Å². The van der Waals surface area contributed by atoms with Crippen molar-refractivity contribution in [2.24, 2.45) is 5.73 Å². The molecule has 3 rings (SSSR count). The average Bonchev–Trinajstić information content (AvgIpc) is 3.11. The number of halogens is 2. The van der Waals surface area contributed by atoms with E-state index in [4.69, 9.17) is 26.6 Å². The Morgan fingerprint density at radius 1 is 1.38 bits per heavy atom. The van der Waals surface area contributed by atoms with E-state index in [2.05, 4.69) is 10.1 Å². The zero-order valence-corrected chi connectivity index (χ0v) is 12.0. The number of nitrogens with two attached hydrogens (primary N) is 1. The molecular weight excluding hydrogens is 297 g/mol. The van der Waals surface area contributed by atoms with Crippen LogP contribution in [0.25, 0.3) is 0 Å². The molecule has 0 amide bonds. The molecule has 2 N–H and O–H groups in total. The minimum Gasteiger partial charge on any atom is -0.364 e. The lowest BCUT2D eigenvalue weighted by Crippen LogP contribution is -2.18. The lowest BCUT2D eigenvalue weighted by molar-refractivity contribution is 0.0307. The summed E-state index contributed by atoms with van der Waals surface area (Å²) in [6, 6.07) is 4.54. The van der Waals surface area contributed by atoms with Crippen molar-refractivity contribution >= 4 is 11.6 Å². The Labute approximate surface area is 126 Å². The Balaban J connectivity index is 1.74. The summed E-state index contributed by atoms with van der Waals surface area (Å²) in [6.07, 6.45) is 1.66. The maximum atomic E-state index is 13.7. The number of ether oxygens (including phenoxy) is 1. The highest BCUT2D eigenvalue weighted by atomic mass is 35.5. The Morgan fingerprint density at radius 2 is 2.24 bits per heavy atom. The molecule has 1 aromatic heterocycles. The van der Waals surface area contributed by atoms with E-state index in [-0.39, 0.29) is 24.4 Å². The molecule has 1 saturated heterocycles. The molecular formula is C14H15ClFN3O2. The summed E-state index contributed by atoms with van der Waals surface area (Å²) in [5.74, 6) is 0.416. The minimum atomic E-state index is -0.380. The highest BCUT2D eigenvalue weighted by molar-refractivity contribution is 6.31. The molecule has 2 unspecified atom stereocenters. The van der Waals surface area contributed by atoms with Crippen LogP contribution in [-0.4, -0.2) is 22.8 Å². The Morgan fingerprint density at radius 3 is 2.95 bits per heavy atom. The van der Waals surface area contributed by atoms with E-state index >= 15 is 0 Å². The van der Waals surface area contributed by atoms with Gasteiger partial charge in [0.1, 0.15) is 11.9 Å². The summed E-state index contributed by atoms with van der Waals surface area (Å²) in [4.78, 5) is 4.27. The van der Waals surface area contributed by atoms with Crippen molar-refractivity contribution in [2.75, 3.05) is 6.54 Å². The summed E-state index contributed by atoms with van der Waals surface area (Å²) in [7, 11) is 0. The molecule has 0 spiro atoms. The minimum absolute atomic E-state index is 0.0337. The number of hydrogen-bond acceptors (Lipinski definition) is 5. The molecule has 2 heterocycles. The fourth-order valence-corrected chi connectivity index (χ4v) is 2.62. The lowest BCUT2D eigenvalue weighted by Gasteiger charge is -2.07. The third kappa shape index (κ3) is 3.07. The quantitative estimate of drug-likeness (QED) is 0.939. The maximum Gasteiger partial charge on any atom is 0.255 e. The Hall–Kier alpha value is -1.50. The number of hydrogen-bond donors (Lipinski definition) is 1. The van der Waals surface area contributed by atoms with Gasteiger partial charge >= 0.3 is 0 Å². The second kappa shape index (κ2) is 6.09. The Kier molecular flexibility index (Phi) is 4.19. The normalized spacial score (nSPS) is 21.9. The second-order valence-corrected chi connectivity index (χ2v) is 5.39. The third-order valence-corrected chi connectivity index (χ3v) is 3.88. The van der Waals surface area contributed by atoms with Gasteiger partial charge in [0.2, 0.25) is 0 Å². The van der Waals surface area contributed by atoms with Crippen LogP contribution in [0.5, 0.6) is 0 Å². The third-order valence-electron chi connectivity index (χ3n) is 3.53.